The molecule has 0 bridgehead atoms. The monoisotopic (exact) mass is 928 g/mol. The molecule has 0 heterocycles. The summed E-state index contributed by atoms with van der Waals surface area (Å²) in [5.41, 5.74) is 11.4. The predicted molar refractivity (Wildman–Crippen MR) is 219 cm³/mol. The van der Waals surface area contributed by atoms with Gasteiger partial charge in [-0.15, -0.1) is 19.7 Å². The van der Waals surface area contributed by atoms with Gasteiger partial charge < -0.3 is 0 Å². The van der Waals surface area contributed by atoms with Gasteiger partial charge in [-0.2, -0.15) is 0 Å². The molecular weight excluding hydrogens is 892 g/mol. The first-order valence-electron chi connectivity index (χ1n) is 15.8. The van der Waals surface area contributed by atoms with Crippen molar-refractivity contribution in [3.05, 3.63) is 151 Å². The van der Waals surface area contributed by atoms with Crippen LogP contribution in [0.2, 0.25) is 0 Å². The van der Waals surface area contributed by atoms with E-state index < -0.39 is 0 Å². The Kier molecular flexibility index (Phi) is 14.9. The Morgan fingerprint density at radius 1 is 0.522 bits per heavy atom. The van der Waals surface area contributed by atoms with Crippen LogP contribution >= 0.6 is 79.6 Å². The van der Waals surface area contributed by atoms with Crippen LogP contribution in [0.4, 0.5) is 0 Å². The van der Waals surface area contributed by atoms with Crippen LogP contribution < -0.4 is 0 Å². The van der Waals surface area contributed by atoms with E-state index in [0.29, 0.717) is 0 Å². The molecule has 0 saturated carbocycles. The third-order valence-electron chi connectivity index (χ3n) is 8.66. The molecule has 0 aromatic heterocycles. The Morgan fingerprint density at radius 3 is 1.26 bits per heavy atom. The van der Waals surface area contributed by atoms with Gasteiger partial charge in [-0.05, 0) is 151 Å². The van der Waals surface area contributed by atoms with Gasteiger partial charge >= 0.3 is 0 Å². The smallest absolute Gasteiger partial charge is 0.0216 e. The average molecular weight is 933 g/mol. The minimum atomic E-state index is 0.0875. The highest BCUT2D eigenvalue weighted by Gasteiger charge is 2.42. The normalized spacial score (nSPS) is 12.7. The lowest BCUT2D eigenvalue weighted by Gasteiger charge is -2.33. The molecule has 0 spiro atoms. The molecule has 2 aliphatic carbocycles. The highest BCUT2D eigenvalue weighted by molar-refractivity contribution is 9.11. The van der Waals surface area contributed by atoms with Crippen molar-refractivity contribution in [2.45, 2.75) is 63.2 Å². The summed E-state index contributed by atoms with van der Waals surface area (Å²) < 4.78 is 4.64. The summed E-state index contributed by atoms with van der Waals surface area (Å²) in [5.74, 6) is 0. The quantitative estimate of drug-likeness (QED) is 0.0703. The van der Waals surface area contributed by atoms with E-state index in [0.717, 1.165) is 74.6 Å². The van der Waals surface area contributed by atoms with Crippen molar-refractivity contribution in [1.82, 2.24) is 0 Å². The van der Waals surface area contributed by atoms with Crippen LogP contribution in [0.5, 0.6) is 0 Å². The summed E-state index contributed by atoms with van der Waals surface area (Å²) >= 11 is 17.7. The summed E-state index contributed by atoms with van der Waals surface area (Å²) in [6, 6.07) is 26.6. The van der Waals surface area contributed by atoms with Crippen LogP contribution in [-0.2, 0) is 11.8 Å². The minimum Gasteiger partial charge on any atom is -0.103 e. The van der Waals surface area contributed by atoms with E-state index >= 15 is 0 Å². The van der Waals surface area contributed by atoms with Gasteiger partial charge in [0.15, 0.2) is 0 Å². The SMILES string of the molecule is Brc1ccc2c(c1)Cc1cc(Br)ccc1-2.C=CCCCBr.C=CCCCC1(CCCC=C)c2cc(Br)ccc2-c2ccc(Br)cc21. The highest BCUT2D eigenvalue weighted by Crippen LogP contribution is 2.55. The number of unbranched alkanes of at least 4 members (excludes halogenated alkanes) is 3. The van der Waals surface area contributed by atoms with Gasteiger partial charge in [0.25, 0.3) is 0 Å². The van der Waals surface area contributed by atoms with Crippen LogP contribution in [0.3, 0.4) is 0 Å². The molecule has 46 heavy (non-hydrogen) atoms. The van der Waals surface area contributed by atoms with E-state index in [1.165, 1.54) is 50.9 Å². The first kappa shape index (κ1) is 37.3. The first-order chi connectivity index (χ1) is 22.3. The van der Waals surface area contributed by atoms with Gasteiger partial charge in [0.05, 0.1) is 0 Å². The second-order valence-corrected chi connectivity index (χ2v) is 16.2. The molecule has 6 rings (SSSR count). The zero-order chi connectivity index (χ0) is 33.1. The lowest BCUT2D eigenvalue weighted by molar-refractivity contribution is 0.422. The number of alkyl halides is 1. The standard InChI is InChI=1S/C23H24Br2.C13H8Br2.C5H9Br/c1-3-5-7-13-23(14-8-6-4-2)21-15-17(24)9-11-19(21)20-12-10-18(25)16-22(20)23;14-10-1-3-12-8(6-10)5-9-7-11(15)2-4-13(9)12;1-2-3-4-5-6/h3-4,9-12,15-16H,1-2,5-8,13-14H2;1-4,6-7H,5H2;2H,1,3-5H2. The fourth-order valence-corrected chi connectivity index (χ4v) is 8.43. The predicted octanol–water partition coefficient (Wildman–Crippen LogP) is 15.3. The van der Waals surface area contributed by atoms with E-state index in [4.69, 9.17) is 0 Å². The maximum absolute atomic E-state index is 3.91. The Balaban J connectivity index is 0.000000192. The number of halogens is 5. The molecule has 0 unspecified atom stereocenters. The molecule has 0 atom stereocenters. The fourth-order valence-electron chi connectivity index (χ4n) is 6.57. The minimum absolute atomic E-state index is 0.0875. The maximum Gasteiger partial charge on any atom is 0.0216 e. The van der Waals surface area contributed by atoms with E-state index in [9.17, 15) is 0 Å². The van der Waals surface area contributed by atoms with Crippen LogP contribution in [0.15, 0.2) is 129 Å². The molecule has 0 amide bonds. The van der Waals surface area contributed by atoms with Crippen molar-refractivity contribution in [2.24, 2.45) is 0 Å². The molecule has 0 N–H and O–H groups in total. The number of hydrogen-bond acceptors (Lipinski definition) is 0. The van der Waals surface area contributed by atoms with Crippen LogP contribution in [0, 0.1) is 0 Å². The van der Waals surface area contributed by atoms with Crippen LogP contribution in [0.1, 0.15) is 73.6 Å². The Labute approximate surface area is 318 Å². The average Bonchev–Trinajstić information content (AvgIpc) is 3.52. The zero-order valence-corrected chi connectivity index (χ0v) is 34.2. The summed E-state index contributed by atoms with van der Waals surface area (Å²) in [4.78, 5) is 0. The molecule has 240 valence electrons. The number of fused-ring (bicyclic) bond motifs is 6. The molecule has 4 aromatic carbocycles. The fraction of sp³-hybridized carbons (Fsp3) is 0.268. The van der Waals surface area contributed by atoms with Crippen molar-refractivity contribution in [3.63, 3.8) is 0 Å². The van der Waals surface area contributed by atoms with Crippen molar-refractivity contribution in [1.29, 1.82) is 0 Å². The second-order valence-electron chi connectivity index (χ2n) is 11.7. The van der Waals surface area contributed by atoms with Gasteiger partial charge in [0.2, 0.25) is 0 Å². The molecule has 0 nitrogen and oxygen atoms in total. The molecule has 0 aliphatic heterocycles. The van der Waals surface area contributed by atoms with Gasteiger partial charge in [-0.1, -0.05) is 122 Å². The molecular formula is C41H41Br5. The lowest BCUT2D eigenvalue weighted by Crippen LogP contribution is -2.25. The van der Waals surface area contributed by atoms with Gasteiger partial charge in [-0.3, -0.25) is 0 Å². The first-order valence-corrected chi connectivity index (χ1v) is 20.1. The third kappa shape index (κ3) is 9.14. The Bertz CT molecular complexity index is 1550. The van der Waals surface area contributed by atoms with E-state index in [1.54, 1.807) is 0 Å². The van der Waals surface area contributed by atoms with Gasteiger partial charge in [-0.25, -0.2) is 0 Å². The van der Waals surface area contributed by atoms with E-state index in [-0.39, 0.29) is 5.41 Å². The Hall–Kier alpha value is -1.50. The number of allylic oxidation sites excluding steroid dienone is 3. The third-order valence-corrected chi connectivity index (χ3v) is 11.2. The van der Waals surface area contributed by atoms with Crippen molar-refractivity contribution < 1.29 is 0 Å². The van der Waals surface area contributed by atoms with Crippen LogP contribution in [-0.4, -0.2) is 5.33 Å². The van der Waals surface area contributed by atoms with Crippen molar-refractivity contribution in [3.8, 4) is 22.3 Å². The molecule has 2 aliphatic rings. The summed E-state index contributed by atoms with van der Waals surface area (Å²) in [7, 11) is 0. The van der Waals surface area contributed by atoms with Gasteiger partial charge in [0, 0.05) is 28.6 Å². The number of benzene rings is 4. The summed E-state index contributed by atoms with van der Waals surface area (Å²) in [6.45, 7) is 11.4. The van der Waals surface area contributed by atoms with Crippen molar-refractivity contribution in [2.75, 3.05) is 5.33 Å². The molecule has 0 saturated heterocycles. The molecule has 0 fully saturated rings. The Morgan fingerprint density at radius 2 is 0.891 bits per heavy atom. The van der Waals surface area contributed by atoms with E-state index in [1.807, 2.05) is 18.2 Å². The number of rotatable bonds is 11. The highest BCUT2D eigenvalue weighted by atomic mass is 79.9. The number of hydrogen-bond donors (Lipinski definition) is 0. The topological polar surface area (TPSA) is 0 Å². The largest absolute Gasteiger partial charge is 0.103 e. The molecule has 5 heteroatoms. The summed E-state index contributed by atoms with van der Waals surface area (Å²) in [5, 5.41) is 1.10. The van der Waals surface area contributed by atoms with Crippen molar-refractivity contribution >= 4 is 79.6 Å². The van der Waals surface area contributed by atoms with E-state index in [2.05, 4.69) is 172 Å². The maximum atomic E-state index is 3.91. The van der Waals surface area contributed by atoms with Gasteiger partial charge in [0.1, 0.15) is 0 Å². The summed E-state index contributed by atoms with van der Waals surface area (Å²) in [6.07, 6.45) is 16.2. The zero-order valence-electron chi connectivity index (χ0n) is 26.2. The van der Waals surface area contributed by atoms with Crippen LogP contribution in [0.25, 0.3) is 22.3 Å². The second kappa shape index (κ2) is 18.3. The molecule has 4 aromatic rings. The lowest BCUT2D eigenvalue weighted by atomic mass is 9.71. The molecule has 0 radical (unpaired) electrons.